The minimum atomic E-state index is 0.791. The molecule has 2 fully saturated rings. The van der Waals surface area contributed by atoms with Crippen molar-refractivity contribution in [3.63, 3.8) is 0 Å². The average Bonchev–Trinajstić information content (AvgIpc) is 3.09. The number of ether oxygens (including phenoxy) is 1. The Kier molecular flexibility index (Phi) is 4.21. The van der Waals surface area contributed by atoms with Crippen molar-refractivity contribution >= 4 is 0 Å². The third kappa shape index (κ3) is 3.96. The Hall–Kier alpha value is -0.340. The number of nitrogens with one attached hydrogen (secondary N) is 1. The highest BCUT2D eigenvalue weighted by Crippen LogP contribution is 2.23. The van der Waals surface area contributed by atoms with Gasteiger partial charge in [-0.25, -0.2) is 0 Å². The first-order valence-electron chi connectivity index (χ1n) is 6.34. The molecule has 0 spiro atoms. The van der Waals surface area contributed by atoms with Crippen LogP contribution in [0.3, 0.4) is 0 Å². The molecule has 0 unspecified atom stereocenters. The van der Waals surface area contributed by atoms with Gasteiger partial charge in [-0.15, -0.1) is 0 Å². The van der Waals surface area contributed by atoms with Gasteiger partial charge in [0, 0.05) is 19.3 Å². The average molecular weight is 209 g/mol. The van der Waals surface area contributed by atoms with Gasteiger partial charge in [0.15, 0.2) is 0 Å². The van der Waals surface area contributed by atoms with Crippen LogP contribution in [0.2, 0.25) is 0 Å². The van der Waals surface area contributed by atoms with Crippen molar-refractivity contribution < 1.29 is 4.74 Å². The summed E-state index contributed by atoms with van der Waals surface area (Å²) in [7, 11) is 0. The molecule has 1 aliphatic carbocycles. The van der Waals surface area contributed by atoms with Crippen LogP contribution in [0.25, 0.3) is 0 Å². The number of hydrogen-bond donors (Lipinski definition) is 1. The van der Waals surface area contributed by atoms with Crippen LogP contribution in [0.15, 0.2) is 11.6 Å². The first kappa shape index (κ1) is 11.2. The highest BCUT2D eigenvalue weighted by atomic mass is 16.5. The van der Waals surface area contributed by atoms with Crippen molar-refractivity contribution in [2.45, 2.75) is 45.1 Å². The van der Waals surface area contributed by atoms with Gasteiger partial charge in [-0.2, -0.15) is 0 Å². The molecule has 2 aliphatic rings. The molecule has 0 aromatic heterocycles. The van der Waals surface area contributed by atoms with Gasteiger partial charge in [-0.1, -0.05) is 11.6 Å². The van der Waals surface area contributed by atoms with E-state index in [0.717, 1.165) is 31.7 Å². The number of hydrogen-bond acceptors (Lipinski definition) is 2. The summed E-state index contributed by atoms with van der Waals surface area (Å²) in [6.07, 6.45) is 8.84. The van der Waals surface area contributed by atoms with Gasteiger partial charge in [-0.05, 0) is 51.5 Å². The fourth-order valence-electron chi connectivity index (χ4n) is 2.19. The van der Waals surface area contributed by atoms with Crippen molar-refractivity contribution in [2.75, 3.05) is 19.8 Å². The van der Waals surface area contributed by atoms with E-state index in [1.54, 1.807) is 5.57 Å². The Morgan fingerprint density at radius 3 is 2.67 bits per heavy atom. The lowest BCUT2D eigenvalue weighted by Crippen LogP contribution is -2.18. The molecule has 86 valence electrons. The van der Waals surface area contributed by atoms with E-state index in [0.29, 0.717) is 0 Å². The maximum absolute atomic E-state index is 5.38. The summed E-state index contributed by atoms with van der Waals surface area (Å²) >= 11 is 0. The van der Waals surface area contributed by atoms with E-state index in [2.05, 4.69) is 18.3 Å². The second-order valence-corrected chi connectivity index (χ2v) is 4.85. The van der Waals surface area contributed by atoms with E-state index in [4.69, 9.17) is 4.74 Å². The van der Waals surface area contributed by atoms with E-state index in [-0.39, 0.29) is 0 Å². The number of allylic oxidation sites excluding steroid dienone is 1. The zero-order valence-electron chi connectivity index (χ0n) is 9.80. The molecule has 0 bridgehead atoms. The molecule has 0 amide bonds. The highest BCUT2D eigenvalue weighted by Gasteiger charge is 2.19. The van der Waals surface area contributed by atoms with Gasteiger partial charge in [0.2, 0.25) is 0 Å². The van der Waals surface area contributed by atoms with Crippen LogP contribution in [-0.2, 0) is 4.74 Å². The zero-order valence-corrected chi connectivity index (χ0v) is 9.80. The Bertz CT molecular complexity index is 215. The molecule has 0 atom stereocenters. The third-order valence-electron chi connectivity index (χ3n) is 3.49. The lowest BCUT2D eigenvalue weighted by atomic mass is 9.92. The zero-order chi connectivity index (χ0) is 10.5. The van der Waals surface area contributed by atoms with E-state index in [1.807, 2.05) is 0 Å². The molecule has 1 saturated heterocycles. The summed E-state index contributed by atoms with van der Waals surface area (Å²) in [5.74, 6) is 0.791. The van der Waals surface area contributed by atoms with Gasteiger partial charge in [0.25, 0.3) is 0 Å². The second-order valence-electron chi connectivity index (χ2n) is 4.85. The van der Waals surface area contributed by atoms with Crippen LogP contribution in [0.5, 0.6) is 0 Å². The molecular formula is C13H23NO. The summed E-state index contributed by atoms with van der Waals surface area (Å²) in [6, 6.07) is 0.849. The van der Waals surface area contributed by atoms with Crippen molar-refractivity contribution in [1.29, 1.82) is 0 Å². The Morgan fingerprint density at radius 2 is 2.00 bits per heavy atom. The fourth-order valence-corrected chi connectivity index (χ4v) is 2.19. The lowest BCUT2D eigenvalue weighted by Gasteiger charge is -2.22. The predicted octanol–water partition coefficient (Wildman–Crippen LogP) is 2.50. The minimum Gasteiger partial charge on any atom is -0.381 e. The standard InChI is InChI=1S/C13H23NO/c1-11(12-6-9-15-10-7-12)3-2-8-14-13-4-5-13/h3,12-14H,2,4-10H2,1H3. The van der Waals surface area contributed by atoms with E-state index in [1.165, 1.54) is 32.1 Å². The number of rotatable bonds is 5. The van der Waals surface area contributed by atoms with Gasteiger partial charge in [0.1, 0.15) is 0 Å². The molecule has 1 heterocycles. The quantitative estimate of drug-likeness (QED) is 0.555. The monoisotopic (exact) mass is 209 g/mol. The molecule has 2 heteroatoms. The molecular weight excluding hydrogens is 186 g/mol. The van der Waals surface area contributed by atoms with Gasteiger partial charge < -0.3 is 10.1 Å². The summed E-state index contributed by atoms with van der Waals surface area (Å²) in [4.78, 5) is 0. The molecule has 0 aromatic rings. The third-order valence-corrected chi connectivity index (χ3v) is 3.49. The topological polar surface area (TPSA) is 21.3 Å². The minimum absolute atomic E-state index is 0.791. The SMILES string of the molecule is CC(=CCCNC1CC1)C1CCOCC1. The summed E-state index contributed by atoms with van der Waals surface area (Å²) in [5, 5.41) is 3.55. The summed E-state index contributed by atoms with van der Waals surface area (Å²) in [6.45, 7) is 5.35. The molecule has 2 rings (SSSR count). The molecule has 0 radical (unpaired) electrons. The largest absolute Gasteiger partial charge is 0.381 e. The van der Waals surface area contributed by atoms with Crippen molar-refractivity contribution in [2.24, 2.45) is 5.92 Å². The maximum Gasteiger partial charge on any atom is 0.0471 e. The maximum atomic E-state index is 5.38. The van der Waals surface area contributed by atoms with Crippen LogP contribution in [0, 0.1) is 5.92 Å². The summed E-state index contributed by atoms with van der Waals surface area (Å²) in [5.41, 5.74) is 1.58. The van der Waals surface area contributed by atoms with Gasteiger partial charge >= 0.3 is 0 Å². The molecule has 1 N–H and O–H groups in total. The molecule has 2 nitrogen and oxygen atoms in total. The smallest absolute Gasteiger partial charge is 0.0471 e. The van der Waals surface area contributed by atoms with Crippen LogP contribution < -0.4 is 5.32 Å². The van der Waals surface area contributed by atoms with Crippen molar-refractivity contribution in [3.8, 4) is 0 Å². The van der Waals surface area contributed by atoms with Gasteiger partial charge in [-0.3, -0.25) is 0 Å². The normalized spacial score (nSPS) is 24.5. The van der Waals surface area contributed by atoms with Crippen LogP contribution in [0.4, 0.5) is 0 Å². The van der Waals surface area contributed by atoms with E-state index in [9.17, 15) is 0 Å². The van der Waals surface area contributed by atoms with Crippen LogP contribution in [-0.4, -0.2) is 25.8 Å². The summed E-state index contributed by atoms with van der Waals surface area (Å²) < 4.78 is 5.38. The van der Waals surface area contributed by atoms with E-state index >= 15 is 0 Å². The van der Waals surface area contributed by atoms with Crippen LogP contribution >= 0.6 is 0 Å². The molecule has 0 aromatic carbocycles. The Morgan fingerprint density at radius 1 is 1.27 bits per heavy atom. The van der Waals surface area contributed by atoms with Crippen molar-refractivity contribution in [1.82, 2.24) is 5.32 Å². The van der Waals surface area contributed by atoms with Gasteiger partial charge in [0.05, 0.1) is 0 Å². The molecule has 15 heavy (non-hydrogen) atoms. The van der Waals surface area contributed by atoms with Crippen molar-refractivity contribution in [3.05, 3.63) is 11.6 Å². The van der Waals surface area contributed by atoms with Crippen LogP contribution in [0.1, 0.15) is 39.0 Å². The second kappa shape index (κ2) is 5.66. The Balaban J connectivity index is 1.63. The Labute approximate surface area is 93.1 Å². The molecule has 1 saturated carbocycles. The lowest BCUT2D eigenvalue weighted by molar-refractivity contribution is 0.0757. The first-order chi connectivity index (χ1) is 7.36. The molecule has 1 aliphatic heterocycles. The highest BCUT2D eigenvalue weighted by molar-refractivity contribution is 5.04. The van der Waals surface area contributed by atoms with E-state index < -0.39 is 0 Å². The predicted molar refractivity (Wildman–Crippen MR) is 62.9 cm³/mol. The fraction of sp³-hybridized carbons (Fsp3) is 0.846. The first-order valence-corrected chi connectivity index (χ1v) is 6.34.